The number of rotatable bonds is 2. The summed E-state index contributed by atoms with van der Waals surface area (Å²) in [6.07, 6.45) is 3.55. The van der Waals surface area contributed by atoms with Crippen molar-refractivity contribution in [1.29, 1.82) is 0 Å². The average Bonchev–Trinajstić information content (AvgIpc) is 2.71. The van der Waals surface area contributed by atoms with Crippen molar-refractivity contribution in [2.75, 3.05) is 0 Å². The minimum absolute atomic E-state index is 0.332. The molecule has 0 spiro atoms. The molecular weight excluding hydrogens is 253 g/mol. The van der Waals surface area contributed by atoms with Crippen molar-refractivity contribution in [2.45, 2.75) is 6.04 Å². The highest BCUT2D eigenvalue weighted by atomic mass is 35.5. The van der Waals surface area contributed by atoms with Crippen LogP contribution in [0.1, 0.15) is 17.4 Å². The molecule has 0 aliphatic rings. The summed E-state index contributed by atoms with van der Waals surface area (Å²) in [5, 5.41) is 0. The van der Waals surface area contributed by atoms with Gasteiger partial charge in [-0.25, -0.2) is 4.98 Å². The first-order valence-corrected chi connectivity index (χ1v) is 5.84. The number of imidazole rings is 1. The molecule has 15 heavy (non-hydrogen) atoms. The molecule has 0 amide bonds. The van der Waals surface area contributed by atoms with Crippen molar-refractivity contribution >= 4 is 34.5 Å². The Morgan fingerprint density at radius 2 is 2.27 bits per heavy atom. The summed E-state index contributed by atoms with van der Waals surface area (Å²) in [4.78, 5) is 4.18. The molecule has 2 N–H and O–H groups in total. The van der Waals surface area contributed by atoms with E-state index in [-0.39, 0.29) is 6.04 Å². The van der Waals surface area contributed by atoms with Gasteiger partial charge >= 0.3 is 0 Å². The van der Waals surface area contributed by atoms with Crippen molar-refractivity contribution in [2.24, 2.45) is 12.8 Å². The summed E-state index contributed by atoms with van der Waals surface area (Å²) in [6.45, 7) is 0. The number of thiophene rings is 1. The summed E-state index contributed by atoms with van der Waals surface area (Å²) in [5.41, 5.74) is 6.88. The third-order valence-corrected chi connectivity index (χ3v) is 3.67. The standard InChI is InChI=1S/C9H9Cl2N3S/c1-14-3-2-13-9(14)7(12)5-4-6(10)15-8(5)11/h2-4,7H,12H2,1H3. The van der Waals surface area contributed by atoms with Gasteiger partial charge in [-0.1, -0.05) is 23.2 Å². The van der Waals surface area contributed by atoms with Crippen LogP contribution in [-0.4, -0.2) is 9.55 Å². The fraction of sp³-hybridized carbons (Fsp3) is 0.222. The lowest BCUT2D eigenvalue weighted by Crippen LogP contribution is -2.16. The monoisotopic (exact) mass is 261 g/mol. The van der Waals surface area contributed by atoms with E-state index in [1.807, 2.05) is 17.8 Å². The molecule has 0 aliphatic carbocycles. The number of nitrogens with two attached hydrogens (primary N) is 1. The number of hydrogen-bond acceptors (Lipinski definition) is 3. The fourth-order valence-corrected chi connectivity index (χ4v) is 2.93. The third kappa shape index (κ3) is 2.03. The number of halogens is 2. The van der Waals surface area contributed by atoms with Crippen LogP contribution in [0.5, 0.6) is 0 Å². The molecule has 0 aliphatic heterocycles. The molecular formula is C9H9Cl2N3S. The van der Waals surface area contributed by atoms with E-state index in [1.54, 1.807) is 12.3 Å². The Kier molecular flexibility index (Phi) is 3.02. The number of nitrogens with zero attached hydrogens (tertiary/aromatic N) is 2. The molecule has 0 bridgehead atoms. The highest BCUT2D eigenvalue weighted by Gasteiger charge is 2.18. The first kappa shape index (κ1) is 11.0. The Balaban J connectivity index is 2.40. The first-order chi connectivity index (χ1) is 7.09. The van der Waals surface area contributed by atoms with Gasteiger partial charge in [0.15, 0.2) is 0 Å². The molecule has 2 aromatic heterocycles. The molecule has 0 aromatic carbocycles. The average molecular weight is 262 g/mol. The van der Waals surface area contributed by atoms with Crippen molar-refractivity contribution in [3.05, 3.63) is 38.5 Å². The highest BCUT2D eigenvalue weighted by molar-refractivity contribution is 7.20. The Morgan fingerprint density at radius 1 is 1.53 bits per heavy atom. The predicted molar refractivity (Wildman–Crippen MR) is 63.6 cm³/mol. The van der Waals surface area contributed by atoms with Gasteiger partial charge in [-0.3, -0.25) is 0 Å². The molecule has 0 radical (unpaired) electrons. The van der Waals surface area contributed by atoms with E-state index >= 15 is 0 Å². The lowest BCUT2D eigenvalue weighted by atomic mass is 10.1. The van der Waals surface area contributed by atoms with Gasteiger partial charge in [0.1, 0.15) is 5.82 Å². The van der Waals surface area contributed by atoms with Crippen LogP contribution < -0.4 is 5.73 Å². The van der Waals surface area contributed by atoms with Gasteiger partial charge in [-0.15, -0.1) is 11.3 Å². The second-order valence-corrected chi connectivity index (χ2v) is 5.44. The Hall–Kier alpha value is -0.550. The highest BCUT2D eigenvalue weighted by Crippen LogP contribution is 2.35. The largest absolute Gasteiger partial charge is 0.336 e. The number of aromatic nitrogens is 2. The molecule has 0 fully saturated rings. The third-order valence-electron chi connectivity index (χ3n) is 2.15. The van der Waals surface area contributed by atoms with Crippen molar-refractivity contribution in [3.63, 3.8) is 0 Å². The Bertz CT molecular complexity index is 477. The lowest BCUT2D eigenvalue weighted by molar-refractivity contribution is 0.719. The molecule has 0 saturated carbocycles. The van der Waals surface area contributed by atoms with Crippen LogP contribution in [-0.2, 0) is 7.05 Å². The van der Waals surface area contributed by atoms with Gasteiger partial charge < -0.3 is 10.3 Å². The molecule has 3 nitrogen and oxygen atoms in total. The van der Waals surface area contributed by atoms with E-state index in [9.17, 15) is 0 Å². The molecule has 0 saturated heterocycles. The van der Waals surface area contributed by atoms with Gasteiger partial charge in [-0.05, 0) is 6.07 Å². The SMILES string of the molecule is Cn1ccnc1C(N)c1cc(Cl)sc1Cl. The first-order valence-electron chi connectivity index (χ1n) is 4.27. The van der Waals surface area contributed by atoms with Gasteiger partial charge in [0.05, 0.1) is 14.7 Å². The molecule has 2 rings (SSSR count). The van der Waals surface area contributed by atoms with E-state index in [4.69, 9.17) is 28.9 Å². The maximum atomic E-state index is 6.06. The molecule has 6 heteroatoms. The van der Waals surface area contributed by atoms with Crippen LogP contribution in [0, 0.1) is 0 Å². The van der Waals surface area contributed by atoms with Gasteiger partial charge in [0, 0.05) is 25.0 Å². The van der Waals surface area contributed by atoms with Gasteiger partial charge in [0.25, 0.3) is 0 Å². The smallest absolute Gasteiger partial charge is 0.130 e. The second kappa shape index (κ2) is 4.14. The maximum absolute atomic E-state index is 6.06. The maximum Gasteiger partial charge on any atom is 0.130 e. The second-order valence-electron chi connectivity index (χ2n) is 3.15. The zero-order valence-corrected chi connectivity index (χ0v) is 10.3. The van der Waals surface area contributed by atoms with Crippen LogP contribution >= 0.6 is 34.5 Å². The number of aryl methyl sites for hydroxylation is 1. The normalized spacial score (nSPS) is 13.1. The van der Waals surface area contributed by atoms with E-state index in [0.717, 1.165) is 11.4 Å². The van der Waals surface area contributed by atoms with Crippen LogP contribution in [0.25, 0.3) is 0 Å². The summed E-state index contributed by atoms with van der Waals surface area (Å²) in [7, 11) is 1.89. The molecule has 2 aromatic rings. The van der Waals surface area contributed by atoms with Crippen molar-refractivity contribution in [1.82, 2.24) is 9.55 Å². The van der Waals surface area contributed by atoms with Crippen LogP contribution in [0.2, 0.25) is 8.67 Å². The Morgan fingerprint density at radius 3 is 2.73 bits per heavy atom. The summed E-state index contributed by atoms with van der Waals surface area (Å²) in [5.74, 6) is 0.770. The minimum atomic E-state index is -0.332. The summed E-state index contributed by atoms with van der Waals surface area (Å²) in [6, 6.07) is 1.45. The Labute approximate surface area is 101 Å². The zero-order chi connectivity index (χ0) is 11.0. The zero-order valence-electron chi connectivity index (χ0n) is 7.95. The van der Waals surface area contributed by atoms with Gasteiger partial charge in [0.2, 0.25) is 0 Å². The quantitative estimate of drug-likeness (QED) is 0.904. The molecule has 2 heterocycles. The number of hydrogen-bond donors (Lipinski definition) is 1. The van der Waals surface area contributed by atoms with E-state index in [0.29, 0.717) is 8.67 Å². The van der Waals surface area contributed by atoms with Crippen LogP contribution in [0.3, 0.4) is 0 Å². The topological polar surface area (TPSA) is 43.8 Å². The molecule has 1 unspecified atom stereocenters. The molecule has 80 valence electrons. The van der Waals surface area contributed by atoms with Crippen molar-refractivity contribution < 1.29 is 0 Å². The fourth-order valence-electron chi connectivity index (χ4n) is 1.38. The van der Waals surface area contributed by atoms with E-state index in [2.05, 4.69) is 4.98 Å². The predicted octanol–water partition coefficient (Wildman–Crippen LogP) is 2.84. The lowest BCUT2D eigenvalue weighted by Gasteiger charge is -2.10. The molecule has 1 atom stereocenters. The van der Waals surface area contributed by atoms with Crippen molar-refractivity contribution in [3.8, 4) is 0 Å². The van der Waals surface area contributed by atoms with Crippen LogP contribution in [0.15, 0.2) is 18.5 Å². The van der Waals surface area contributed by atoms with Gasteiger partial charge in [-0.2, -0.15) is 0 Å². The minimum Gasteiger partial charge on any atom is -0.336 e. The van der Waals surface area contributed by atoms with E-state index < -0.39 is 0 Å². The van der Waals surface area contributed by atoms with Crippen LogP contribution in [0.4, 0.5) is 0 Å². The summed E-state index contributed by atoms with van der Waals surface area (Å²) < 4.78 is 3.13. The summed E-state index contributed by atoms with van der Waals surface area (Å²) >= 11 is 13.2. The van der Waals surface area contributed by atoms with E-state index in [1.165, 1.54) is 11.3 Å².